The molecule has 1 aliphatic carbocycles. The highest BCUT2D eigenvalue weighted by Gasteiger charge is 2.29. The maximum absolute atomic E-state index is 4.56. The van der Waals surface area contributed by atoms with E-state index >= 15 is 0 Å². The second-order valence-electron chi connectivity index (χ2n) is 5.68. The standard InChI is InChI=1S/C12H20N4S/c1-12(5-2-6-13-7-12)8-14-11-15-10(16-17-11)9-3-4-9/h9,13H,2-8H2,1H3,(H,14,15,16). The van der Waals surface area contributed by atoms with Gasteiger partial charge in [0.1, 0.15) is 5.82 Å². The van der Waals surface area contributed by atoms with Crippen LogP contribution in [-0.2, 0) is 0 Å². The normalized spacial score (nSPS) is 29.2. The number of nitrogens with zero attached hydrogens (tertiary/aromatic N) is 2. The Morgan fingerprint density at radius 2 is 2.41 bits per heavy atom. The summed E-state index contributed by atoms with van der Waals surface area (Å²) < 4.78 is 4.42. The molecular formula is C12H20N4S. The van der Waals surface area contributed by atoms with Gasteiger partial charge in [0.15, 0.2) is 0 Å². The molecule has 17 heavy (non-hydrogen) atoms. The van der Waals surface area contributed by atoms with E-state index in [1.807, 2.05) is 0 Å². The van der Waals surface area contributed by atoms with Gasteiger partial charge in [0.2, 0.25) is 5.13 Å². The number of rotatable bonds is 4. The van der Waals surface area contributed by atoms with Crippen molar-refractivity contribution in [2.45, 2.75) is 38.5 Å². The fourth-order valence-electron chi connectivity index (χ4n) is 2.37. The van der Waals surface area contributed by atoms with Crippen LogP contribution in [0.4, 0.5) is 5.13 Å². The molecule has 0 bridgehead atoms. The summed E-state index contributed by atoms with van der Waals surface area (Å²) in [6.07, 6.45) is 5.12. The number of piperidine rings is 1. The average Bonchev–Trinajstić information content (AvgIpc) is 3.07. The summed E-state index contributed by atoms with van der Waals surface area (Å²) in [6, 6.07) is 0. The van der Waals surface area contributed by atoms with Crippen molar-refractivity contribution in [2.75, 3.05) is 25.0 Å². The number of hydrogen-bond acceptors (Lipinski definition) is 5. The summed E-state index contributed by atoms with van der Waals surface area (Å²) in [5, 5.41) is 7.93. The largest absolute Gasteiger partial charge is 0.360 e. The van der Waals surface area contributed by atoms with Crippen molar-refractivity contribution in [1.82, 2.24) is 14.7 Å². The molecule has 2 heterocycles. The molecule has 0 radical (unpaired) electrons. The lowest BCUT2D eigenvalue weighted by molar-refractivity contribution is 0.253. The van der Waals surface area contributed by atoms with Gasteiger partial charge in [-0.1, -0.05) is 6.92 Å². The van der Waals surface area contributed by atoms with Crippen LogP contribution in [0.3, 0.4) is 0 Å². The van der Waals surface area contributed by atoms with Crippen molar-refractivity contribution >= 4 is 16.7 Å². The van der Waals surface area contributed by atoms with Gasteiger partial charge in [-0.25, -0.2) is 4.98 Å². The van der Waals surface area contributed by atoms with Gasteiger partial charge in [0.25, 0.3) is 0 Å². The number of anilines is 1. The summed E-state index contributed by atoms with van der Waals surface area (Å²) in [5.41, 5.74) is 0.365. The summed E-state index contributed by atoms with van der Waals surface area (Å²) in [7, 11) is 0. The molecule has 2 aliphatic rings. The molecule has 1 aliphatic heterocycles. The first-order valence-electron chi connectivity index (χ1n) is 6.53. The molecule has 2 fully saturated rings. The highest BCUT2D eigenvalue weighted by molar-refractivity contribution is 7.09. The Bertz CT molecular complexity index is 380. The SMILES string of the molecule is CC1(CNc2nc(C3CC3)ns2)CCCNC1. The number of hydrogen-bond donors (Lipinski definition) is 2. The first-order chi connectivity index (χ1) is 8.25. The van der Waals surface area contributed by atoms with Crippen LogP contribution in [0.25, 0.3) is 0 Å². The van der Waals surface area contributed by atoms with E-state index in [1.54, 1.807) is 0 Å². The summed E-state index contributed by atoms with van der Waals surface area (Å²) in [4.78, 5) is 4.56. The van der Waals surface area contributed by atoms with E-state index in [2.05, 4.69) is 26.9 Å². The molecule has 2 N–H and O–H groups in total. The van der Waals surface area contributed by atoms with Crippen molar-refractivity contribution in [2.24, 2.45) is 5.41 Å². The summed E-state index contributed by atoms with van der Waals surface area (Å²) in [6.45, 7) is 5.61. The lowest BCUT2D eigenvalue weighted by atomic mass is 9.83. The lowest BCUT2D eigenvalue weighted by Gasteiger charge is -2.34. The van der Waals surface area contributed by atoms with Crippen LogP contribution < -0.4 is 10.6 Å². The predicted octanol–water partition coefficient (Wildman–Crippen LogP) is 2.22. The van der Waals surface area contributed by atoms with Crippen molar-refractivity contribution in [3.05, 3.63) is 5.82 Å². The Labute approximate surface area is 106 Å². The molecule has 94 valence electrons. The van der Waals surface area contributed by atoms with Gasteiger partial charge in [0.05, 0.1) is 0 Å². The average molecular weight is 252 g/mol. The Morgan fingerprint density at radius 1 is 1.53 bits per heavy atom. The zero-order valence-electron chi connectivity index (χ0n) is 10.3. The summed E-state index contributed by atoms with van der Waals surface area (Å²) in [5.74, 6) is 1.72. The minimum absolute atomic E-state index is 0.365. The predicted molar refractivity (Wildman–Crippen MR) is 70.6 cm³/mol. The van der Waals surface area contributed by atoms with E-state index in [0.29, 0.717) is 11.3 Å². The minimum atomic E-state index is 0.365. The van der Waals surface area contributed by atoms with Gasteiger partial charge < -0.3 is 10.6 Å². The van der Waals surface area contributed by atoms with Crippen LogP contribution in [0.2, 0.25) is 0 Å². The molecule has 1 aromatic rings. The van der Waals surface area contributed by atoms with Crippen LogP contribution in [0.5, 0.6) is 0 Å². The molecule has 5 heteroatoms. The molecule has 0 amide bonds. The van der Waals surface area contributed by atoms with Crippen LogP contribution in [0.1, 0.15) is 44.3 Å². The van der Waals surface area contributed by atoms with Gasteiger partial charge >= 0.3 is 0 Å². The van der Waals surface area contributed by atoms with Crippen LogP contribution in [0, 0.1) is 5.41 Å². The second-order valence-corrected chi connectivity index (χ2v) is 6.43. The van der Waals surface area contributed by atoms with E-state index in [0.717, 1.165) is 24.0 Å². The Hall–Kier alpha value is -0.680. The second kappa shape index (κ2) is 4.53. The smallest absolute Gasteiger partial charge is 0.202 e. The Balaban J connectivity index is 1.55. The Morgan fingerprint density at radius 3 is 3.12 bits per heavy atom. The molecular weight excluding hydrogens is 232 g/mol. The van der Waals surface area contributed by atoms with Crippen molar-refractivity contribution in [3.63, 3.8) is 0 Å². The molecule has 0 aromatic carbocycles. The molecule has 1 unspecified atom stereocenters. The van der Waals surface area contributed by atoms with Crippen molar-refractivity contribution < 1.29 is 0 Å². The lowest BCUT2D eigenvalue weighted by Crippen LogP contribution is -2.42. The van der Waals surface area contributed by atoms with E-state index in [4.69, 9.17) is 0 Å². The van der Waals surface area contributed by atoms with Gasteiger partial charge in [-0.3, -0.25) is 0 Å². The van der Waals surface area contributed by atoms with E-state index in [1.165, 1.54) is 43.8 Å². The third-order valence-corrected chi connectivity index (χ3v) is 4.42. The fraction of sp³-hybridized carbons (Fsp3) is 0.833. The molecule has 1 aromatic heterocycles. The summed E-state index contributed by atoms with van der Waals surface area (Å²) >= 11 is 1.51. The van der Waals surface area contributed by atoms with Crippen molar-refractivity contribution in [1.29, 1.82) is 0 Å². The highest BCUT2D eigenvalue weighted by atomic mass is 32.1. The van der Waals surface area contributed by atoms with Crippen LogP contribution in [-0.4, -0.2) is 29.0 Å². The quantitative estimate of drug-likeness (QED) is 0.862. The molecule has 1 atom stereocenters. The van der Waals surface area contributed by atoms with E-state index in [9.17, 15) is 0 Å². The third-order valence-electron chi connectivity index (χ3n) is 3.74. The molecule has 0 spiro atoms. The minimum Gasteiger partial charge on any atom is -0.360 e. The Kier molecular flexibility index (Phi) is 3.04. The fourth-order valence-corrected chi connectivity index (χ4v) is 3.01. The molecule has 1 saturated heterocycles. The zero-order chi connectivity index (χ0) is 11.7. The van der Waals surface area contributed by atoms with Gasteiger partial charge in [0, 0.05) is 30.5 Å². The molecule has 1 saturated carbocycles. The first-order valence-corrected chi connectivity index (χ1v) is 7.31. The van der Waals surface area contributed by atoms with E-state index < -0.39 is 0 Å². The van der Waals surface area contributed by atoms with Gasteiger partial charge in [-0.15, -0.1) is 0 Å². The van der Waals surface area contributed by atoms with Crippen molar-refractivity contribution in [3.8, 4) is 0 Å². The topological polar surface area (TPSA) is 49.8 Å². The van der Waals surface area contributed by atoms with Gasteiger partial charge in [-0.2, -0.15) is 4.37 Å². The van der Waals surface area contributed by atoms with Crippen LogP contribution >= 0.6 is 11.5 Å². The number of nitrogens with one attached hydrogen (secondary N) is 2. The highest BCUT2D eigenvalue weighted by Crippen LogP contribution is 2.39. The number of aromatic nitrogens is 2. The third kappa shape index (κ3) is 2.77. The zero-order valence-corrected chi connectivity index (χ0v) is 11.1. The maximum Gasteiger partial charge on any atom is 0.202 e. The molecule has 3 rings (SSSR count). The van der Waals surface area contributed by atoms with Gasteiger partial charge in [-0.05, 0) is 37.6 Å². The van der Waals surface area contributed by atoms with Crippen LogP contribution in [0.15, 0.2) is 0 Å². The van der Waals surface area contributed by atoms with E-state index in [-0.39, 0.29) is 0 Å². The molecule has 4 nitrogen and oxygen atoms in total. The maximum atomic E-state index is 4.56. The monoisotopic (exact) mass is 252 g/mol. The first kappa shape index (κ1) is 11.4.